The smallest absolute Gasteiger partial charge is 0.240 e. The van der Waals surface area contributed by atoms with Crippen LogP contribution in [0.5, 0.6) is 0 Å². The largest absolute Gasteiger partial charge is 0.354 e. The summed E-state index contributed by atoms with van der Waals surface area (Å²) in [5.41, 5.74) is 6.37. The first-order chi connectivity index (χ1) is 8.00. The Kier molecular flexibility index (Phi) is 3.49. The van der Waals surface area contributed by atoms with E-state index in [1.807, 2.05) is 19.2 Å². The van der Waals surface area contributed by atoms with Crippen molar-refractivity contribution in [3.05, 3.63) is 16.1 Å². The molecule has 1 atom stereocenters. The molecule has 1 aliphatic carbocycles. The molecular formula is C12H19N3OS. The summed E-state index contributed by atoms with van der Waals surface area (Å²) in [6, 6.07) is 0. The molecule has 1 amide bonds. The van der Waals surface area contributed by atoms with Crippen LogP contribution in [-0.2, 0) is 11.2 Å². The third-order valence-corrected chi connectivity index (χ3v) is 4.23. The average molecular weight is 253 g/mol. The van der Waals surface area contributed by atoms with E-state index >= 15 is 0 Å². The average Bonchev–Trinajstić information content (AvgIpc) is 3.04. The Morgan fingerprint density at radius 1 is 1.71 bits per heavy atom. The first-order valence-corrected chi connectivity index (χ1v) is 6.86. The van der Waals surface area contributed by atoms with Crippen LogP contribution in [0.1, 0.15) is 30.5 Å². The Morgan fingerprint density at radius 2 is 2.41 bits per heavy atom. The van der Waals surface area contributed by atoms with Crippen LogP contribution >= 0.6 is 11.3 Å². The van der Waals surface area contributed by atoms with Gasteiger partial charge in [0.25, 0.3) is 0 Å². The van der Waals surface area contributed by atoms with Gasteiger partial charge in [-0.05, 0) is 32.6 Å². The lowest BCUT2D eigenvalue weighted by Gasteiger charge is -2.22. The number of nitrogens with zero attached hydrogens (tertiary/aromatic N) is 1. The highest BCUT2D eigenvalue weighted by molar-refractivity contribution is 7.09. The zero-order valence-electron chi connectivity index (χ0n) is 10.3. The minimum absolute atomic E-state index is 0.0340. The van der Waals surface area contributed by atoms with Gasteiger partial charge in [-0.15, -0.1) is 11.3 Å². The van der Waals surface area contributed by atoms with Crippen LogP contribution in [-0.4, -0.2) is 23.0 Å². The van der Waals surface area contributed by atoms with Gasteiger partial charge in [0, 0.05) is 24.0 Å². The molecule has 1 heterocycles. The highest BCUT2D eigenvalue weighted by atomic mass is 32.1. The number of carbonyl (C=O) groups is 1. The number of aryl methyl sites for hydroxylation is 1. The van der Waals surface area contributed by atoms with E-state index in [-0.39, 0.29) is 5.91 Å². The van der Waals surface area contributed by atoms with Crippen LogP contribution in [0, 0.1) is 12.8 Å². The quantitative estimate of drug-likeness (QED) is 0.829. The van der Waals surface area contributed by atoms with E-state index in [1.54, 1.807) is 11.3 Å². The number of rotatable bonds is 5. The highest BCUT2D eigenvalue weighted by Crippen LogP contribution is 2.38. The third-order valence-electron chi connectivity index (χ3n) is 3.21. The minimum Gasteiger partial charge on any atom is -0.354 e. The van der Waals surface area contributed by atoms with Crippen LogP contribution in [0.15, 0.2) is 5.38 Å². The number of hydrogen-bond donors (Lipinski definition) is 2. The monoisotopic (exact) mass is 253 g/mol. The van der Waals surface area contributed by atoms with Gasteiger partial charge in [-0.2, -0.15) is 0 Å². The summed E-state index contributed by atoms with van der Waals surface area (Å²) < 4.78 is 0. The maximum Gasteiger partial charge on any atom is 0.240 e. The number of carbonyl (C=O) groups excluding carboxylic acids is 1. The fourth-order valence-corrected chi connectivity index (χ4v) is 2.64. The van der Waals surface area contributed by atoms with Gasteiger partial charge in [0.05, 0.1) is 10.5 Å². The summed E-state index contributed by atoms with van der Waals surface area (Å²) in [7, 11) is 0. The molecule has 94 valence electrons. The molecule has 0 aromatic carbocycles. The number of hydrogen-bond acceptors (Lipinski definition) is 4. The van der Waals surface area contributed by atoms with Crippen LogP contribution in [0.4, 0.5) is 0 Å². The number of thiazole rings is 1. The maximum absolute atomic E-state index is 11.9. The Labute approximate surface area is 106 Å². The molecule has 0 aliphatic heterocycles. The van der Waals surface area contributed by atoms with Gasteiger partial charge in [0.15, 0.2) is 0 Å². The second-order valence-electron chi connectivity index (χ2n) is 4.95. The Balaban J connectivity index is 1.76. The van der Waals surface area contributed by atoms with Crippen LogP contribution in [0.2, 0.25) is 0 Å². The second kappa shape index (κ2) is 4.74. The summed E-state index contributed by atoms with van der Waals surface area (Å²) in [6.07, 6.45) is 2.93. The maximum atomic E-state index is 11.9. The molecule has 0 bridgehead atoms. The number of amides is 1. The van der Waals surface area contributed by atoms with Gasteiger partial charge in [-0.1, -0.05) is 0 Å². The van der Waals surface area contributed by atoms with Gasteiger partial charge in [-0.3, -0.25) is 4.79 Å². The van der Waals surface area contributed by atoms with E-state index < -0.39 is 5.54 Å². The van der Waals surface area contributed by atoms with Crippen LogP contribution < -0.4 is 11.1 Å². The summed E-state index contributed by atoms with van der Waals surface area (Å²) in [5.74, 6) is 0.331. The van der Waals surface area contributed by atoms with Gasteiger partial charge in [-0.25, -0.2) is 4.98 Å². The first kappa shape index (κ1) is 12.5. The summed E-state index contributed by atoms with van der Waals surface area (Å²) >= 11 is 1.63. The zero-order valence-corrected chi connectivity index (χ0v) is 11.1. The predicted molar refractivity (Wildman–Crippen MR) is 68.9 cm³/mol. The molecule has 0 saturated heterocycles. The fraction of sp³-hybridized carbons (Fsp3) is 0.667. The molecule has 1 aromatic heterocycles. The Hall–Kier alpha value is -0.940. The number of nitrogens with two attached hydrogens (primary N) is 1. The summed E-state index contributed by atoms with van der Waals surface area (Å²) in [4.78, 5) is 16.2. The zero-order chi connectivity index (χ0) is 12.5. The van der Waals surface area contributed by atoms with Crippen LogP contribution in [0.3, 0.4) is 0 Å². The second-order valence-corrected chi connectivity index (χ2v) is 5.89. The van der Waals surface area contributed by atoms with E-state index in [4.69, 9.17) is 5.73 Å². The van der Waals surface area contributed by atoms with Crippen molar-refractivity contribution in [3.8, 4) is 0 Å². The molecule has 1 aliphatic rings. The molecule has 5 heteroatoms. The lowest BCUT2D eigenvalue weighted by atomic mass is 9.96. The van der Waals surface area contributed by atoms with Crippen molar-refractivity contribution in [1.29, 1.82) is 0 Å². The predicted octanol–water partition coefficient (Wildman–Crippen LogP) is 1.24. The molecule has 0 spiro atoms. The van der Waals surface area contributed by atoms with Crippen molar-refractivity contribution in [2.24, 2.45) is 11.7 Å². The van der Waals surface area contributed by atoms with E-state index in [0.717, 1.165) is 30.0 Å². The van der Waals surface area contributed by atoms with Crippen molar-refractivity contribution < 1.29 is 4.79 Å². The Morgan fingerprint density at radius 3 is 2.94 bits per heavy atom. The molecule has 2 rings (SSSR count). The van der Waals surface area contributed by atoms with E-state index in [2.05, 4.69) is 10.3 Å². The van der Waals surface area contributed by atoms with Gasteiger partial charge < -0.3 is 11.1 Å². The standard InChI is InChI=1S/C12H19N3OS/c1-8-7-17-10(15-8)5-6-14-11(16)12(2,13)9-3-4-9/h7,9H,3-6,13H2,1-2H3,(H,14,16). The molecule has 1 saturated carbocycles. The number of aromatic nitrogens is 1. The topological polar surface area (TPSA) is 68.0 Å². The van der Waals surface area contributed by atoms with E-state index in [1.165, 1.54) is 0 Å². The molecule has 1 unspecified atom stereocenters. The van der Waals surface area contributed by atoms with Crippen molar-refractivity contribution >= 4 is 17.2 Å². The van der Waals surface area contributed by atoms with E-state index in [0.29, 0.717) is 12.5 Å². The van der Waals surface area contributed by atoms with Crippen molar-refractivity contribution in [3.63, 3.8) is 0 Å². The van der Waals surface area contributed by atoms with Crippen molar-refractivity contribution in [1.82, 2.24) is 10.3 Å². The molecule has 4 nitrogen and oxygen atoms in total. The van der Waals surface area contributed by atoms with Gasteiger partial charge >= 0.3 is 0 Å². The van der Waals surface area contributed by atoms with Crippen molar-refractivity contribution in [2.75, 3.05) is 6.54 Å². The lowest BCUT2D eigenvalue weighted by molar-refractivity contribution is -0.126. The SMILES string of the molecule is Cc1csc(CCNC(=O)C(C)(N)C2CC2)n1. The molecule has 3 N–H and O–H groups in total. The van der Waals surface area contributed by atoms with E-state index in [9.17, 15) is 4.79 Å². The molecule has 0 radical (unpaired) electrons. The third kappa shape index (κ3) is 3.04. The molecular weight excluding hydrogens is 234 g/mol. The number of nitrogens with one attached hydrogen (secondary N) is 1. The summed E-state index contributed by atoms with van der Waals surface area (Å²) in [6.45, 7) is 4.42. The fourth-order valence-electron chi connectivity index (χ4n) is 1.86. The minimum atomic E-state index is -0.696. The normalized spacial score (nSPS) is 18.8. The first-order valence-electron chi connectivity index (χ1n) is 5.98. The van der Waals surface area contributed by atoms with Gasteiger partial charge in [0.2, 0.25) is 5.91 Å². The molecule has 17 heavy (non-hydrogen) atoms. The van der Waals surface area contributed by atoms with Gasteiger partial charge in [0.1, 0.15) is 0 Å². The van der Waals surface area contributed by atoms with Crippen LogP contribution in [0.25, 0.3) is 0 Å². The Bertz CT molecular complexity index is 410. The van der Waals surface area contributed by atoms with Crippen molar-refractivity contribution in [2.45, 2.75) is 38.6 Å². The summed E-state index contributed by atoms with van der Waals surface area (Å²) in [5, 5.41) is 5.99. The highest BCUT2D eigenvalue weighted by Gasteiger charge is 2.43. The lowest BCUT2D eigenvalue weighted by Crippen LogP contribution is -2.53. The molecule has 1 fully saturated rings. The molecule has 1 aromatic rings.